The molecule has 6 heteroatoms. The van der Waals surface area contributed by atoms with Crippen molar-refractivity contribution in [2.75, 3.05) is 33.2 Å². The summed E-state index contributed by atoms with van der Waals surface area (Å²) < 4.78 is 15.8. The third kappa shape index (κ3) is 7.31. The number of carboxylic acid groups (broad SMARTS) is 1. The minimum absolute atomic E-state index is 0.0132. The zero-order valence-electron chi connectivity index (χ0n) is 16.2. The Balaban J connectivity index is 1.92. The molecule has 0 saturated heterocycles. The van der Waals surface area contributed by atoms with Crippen molar-refractivity contribution in [1.29, 1.82) is 0 Å². The monoisotopic (exact) mass is 388 g/mol. The van der Waals surface area contributed by atoms with Crippen molar-refractivity contribution in [3.8, 4) is 5.75 Å². The highest BCUT2D eigenvalue weighted by Gasteiger charge is 2.20. The van der Waals surface area contributed by atoms with Crippen LogP contribution in [-0.2, 0) is 20.7 Å². The third-order valence-electron chi connectivity index (χ3n) is 4.17. The molecule has 0 heterocycles. The number of hydrogen-bond acceptors (Lipinski definition) is 5. The molecule has 2 N–H and O–H groups in total. The van der Waals surface area contributed by atoms with E-state index >= 15 is 0 Å². The van der Waals surface area contributed by atoms with Gasteiger partial charge in [0.1, 0.15) is 18.5 Å². The van der Waals surface area contributed by atoms with Crippen LogP contribution in [0.25, 0.3) is 0 Å². The van der Waals surface area contributed by atoms with Gasteiger partial charge in [-0.05, 0) is 41.7 Å². The molecular weight excluding hydrogens is 360 g/mol. The number of ether oxygens (including phenoxy) is 3. The Bertz CT molecular complexity index is 696. The second-order valence-corrected chi connectivity index (χ2v) is 6.42. The molecule has 0 fully saturated rings. The molecule has 0 saturated carbocycles. The van der Waals surface area contributed by atoms with Gasteiger partial charge in [0.05, 0.1) is 26.4 Å². The van der Waals surface area contributed by atoms with Crippen LogP contribution in [0.3, 0.4) is 0 Å². The van der Waals surface area contributed by atoms with E-state index < -0.39 is 11.9 Å². The maximum atomic E-state index is 11.5. The van der Waals surface area contributed by atoms with Crippen molar-refractivity contribution in [2.24, 2.45) is 0 Å². The molecule has 0 bridgehead atoms. The molecule has 1 unspecified atom stereocenters. The fourth-order valence-electron chi connectivity index (χ4n) is 2.69. The molecule has 28 heavy (non-hydrogen) atoms. The number of benzene rings is 2. The van der Waals surface area contributed by atoms with Crippen LogP contribution in [0.4, 0.5) is 0 Å². The van der Waals surface area contributed by atoms with Gasteiger partial charge in [-0.1, -0.05) is 43.3 Å². The van der Waals surface area contributed by atoms with Crippen molar-refractivity contribution in [1.82, 2.24) is 0 Å². The molecule has 0 aromatic heterocycles. The molecule has 6 nitrogen and oxygen atoms in total. The Kier molecular flexibility index (Phi) is 9.48. The van der Waals surface area contributed by atoms with Crippen molar-refractivity contribution in [3.63, 3.8) is 0 Å². The van der Waals surface area contributed by atoms with Crippen LogP contribution in [-0.4, -0.2) is 49.4 Å². The van der Waals surface area contributed by atoms with Crippen LogP contribution in [0.15, 0.2) is 48.5 Å². The molecule has 0 aliphatic carbocycles. The lowest BCUT2D eigenvalue weighted by Crippen LogP contribution is -2.19. The number of carboxylic acids is 1. The van der Waals surface area contributed by atoms with Gasteiger partial charge >= 0.3 is 5.97 Å². The van der Waals surface area contributed by atoms with Gasteiger partial charge in [-0.25, -0.2) is 0 Å². The number of aliphatic hydroxyl groups is 1. The summed E-state index contributed by atoms with van der Waals surface area (Å²) in [5.74, 6) is -0.840. The molecule has 0 radical (unpaired) electrons. The number of aliphatic hydroxyl groups excluding tert-OH is 1. The number of rotatable bonds is 13. The highest BCUT2D eigenvalue weighted by molar-refractivity contribution is 5.76. The van der Waals surface area contributed by atoms with Crippen LogP contribution in [0, 0.1) is 0 Å². The van der Waals surface area contributed by atoms with Crippen LogP contribution in [0.2, 0.25) is 0 Å². The van der Waals surface area contributed by atoms with E-state index in [1.165, 1.54) is 0 Å². The van der Waals surface area contributed by atoms with Crippen LogP contribution >= 0.6 is 0 Å². The minimum Gasteiger partial charge on any atom is -0.494 e. The predicted octanol–water partition coefficient (Wildman–Crippen LogP) is 3.22. The van der Waals surface area contributed by atoms with Gasteiger partial charge in [0, 0.05) is 0 Å². The Hall–Kier alpha value is -2.41. The first-order valence-corrected chi connectivity index (χ1v) is 9.43. The van der Waals surface area contributed by atoms with E-state index in [4.69, 9.17) is 19.3 Å². The molecule has 1 atom stereocenters. The van der Waals surface area contributed by atoms with Gasteiger partial charge in [0.2, 0.25) is 0 Å². The molecule has 0 aliphatic rings. The largest absolute Gasteiger partial charge is 0.494 e. The Labute approximate surface area is 165 Å². The molecule has 2 rings (SSSR count). The highest BCUT2D eigenvalue weighted by atomic mass is 16.7. The average Bonchev–Trinajstić information content (AvgIpc) is 2.71. The van der Waals surface area contributed by atoms with E-state index in [-0.39, 0.29) is 26.6 Å². The van der Waals surface area contributed by atoms with Crippen molar-refractivity contribution in [2.45, 2.75) is 25.7 Å². The van der Waals surface area contributed by atoms with Gasteiger partial charge in [-0.2, -0.15) is 0 Å². The van der Waals surface area contributed by atoms with E-state index in [0.29, 0.717) is 12.2 Å². The first-order valence-electron chi connectivity index (χ1n) is 9.43. The average molecular weight is 388 g/mol. The second kappa shape index (κ2) is 12.1. The lowest BCUT2D eigenvalue weighted by Gasteiger charge is -2.14. The van der Waals surface area contributed by atoms with E-state index in [0.717, 1.165) is 29.7 Å². The molecule has 2 aromatic rings. The number of carbonyl (C=O) groups is 1. The summed E-state index contributed by atoms with van der Waals surface area (Å²) in [5, 5.41) is 18.1. The lowest BCUT2D eigenvalue weighted by atomic mass is 9.97. The highest BCUT2D eigenvalue weighted by Crippen LogP contribution is 2.20. The summed E-state index contributed by atoms with van der Waals surface area (Å²) in [4.78, 5) is 11.5. The van der Waals surface area contributed by atoms with Crippen LogP contribution in [0.5, 0.6) is 5.75 Å². The van der Waals surface area contributed by atoms with Gasteiger partial charge in [-0.15, -0.1) is 0 Å². The maximum Gasteiger partial charge on any atom is 0.313 e. The molecule has 0 aliphatic heterocycles. The summed E-state index contributed by atoms with van der Waals surface area (Å²) in [6.07, 6.45) is 1.74. The zero-order valence-corrected chi connectivity index (χ0v) is 16.2. The summed E-state index contributed by atoms with van der Waals surface area (Å²) in [7, 11) is 0. The fraction of sp³-hybridized carbons (Fsp3) is 0.409. The van der Waals surface area contributed by atoms with Crippen LogP contribution in [0.1, 0.15) is 36.0 Å². The first kappa shape index (κ1) is 21.9. The van der Waals surface area contributed by atoms with Gasteiger partial charge in [-0.3, -0.25) is 4.79 Å². The van der Waals surface area contributed by atoms with Crippen molar-refractivity contribution < 1.29 is 29.2 Å². The SMILES string of the molecule is CCCOc1ccc(Cc2ccc(C(COCOCCO)C(=O)O)cc2)cc1. The lowest BCUT2D eigenvalue weighted by molar-refractivity contribution is -0.142. The smallest absolute Gasteiger partial charge is 0.313 e. The summed E-state index contributed by atoms with van der Waals surface area (Å²) in [6.45, 7) is 2.83. The standard InChI is InChI=1S/C22H28O6/c1-2-12-28-20-9-5-18(6-10-20)14-17-3-7-19(8-4-17)21(22(24)25)15-27-16-26-13-11-23/h3-10,21,23H,2,11-16H2,1H3,(H,24,25). The normalized spacial score (nSPS) is 11.9. The minimum atomic E-state index is -0.947. The predicted molar refractivity (Wildman–Crippen MR) is 106 cm³/mol. The number of hydrogen-bond donors (Lipinski definition) is 2. The molecule has 0 spiro atoms. The van der Waals surface area contributed by atoms with E-state index in [9.17, 15) is 9.90 Å². The molecular formula is C22H28O6. The fourth-order valence-corrected chi connectivity index (χ4v) is 2.69. The summed E-state index contributed by atoms with van der Waals surface area (Å²) >= 11 is 0. The van der Waals surface area contributed by atoms with Gasteiger partial charge in [0.15, 0.2) is 0 Å². The van der Waals surface area contributed by atoms with Gasteiger partial charge in [0.25, 0.3) is 0 Å². The third-order valence-corrected chi connectivity index (χ3v) is 4.17. The van der Waals surface area contributed by atoms with Gasteiger partial charge < -0.3 is 24.4 Å². The summed E-state index contributed by atoms with van der Waals surface area (Å²) in [6, 6.07) is 15.5. The van der Waals surface area contributed by atoms with E-state index in [1.807, 2.05) is 48.5 Å². The van der Waals surface area contributed by atoms with Crippen molar-refractivity contribution >= 4 is 5.97 Å². The second-order valence-electron chi connectivity index (χ2n) is 6.42. The topological polar surface area (TPSA) is 85.2 Å². The summed E-state index contributed by atoms with van der Waals surface area (Å²) in [5.41, 5.74) is 2.94. The van der Waals surface area contributed by atoms with E-state index in [2.05, 4.69) is 6.92 Å². The zero-order chi connectivity index (χ0) is 20.2. The first-order chi connectivity index (χ1) is 13.6. The molecule has 152 valence electrons. The quantitative estimate of drug-likeness (QED) is 0.405. The number of aliphatic carboxylic acids is 1. The molecule has 0 amide bonds. The Morgan fingerprint density at radius 1 is 0.964 bits per heavy atom. The van der Waals surface area contributed by atoms with Crippen molar-refractivity contribution in [3.05, 3.63) is 65.2 Å². The Morgan fingerprint density at radius 2 is 1.61 bits per heavy atom. The maximum absolute atomic E-state index is 11.5. The Morgan fingerprint density at radius 3 is 2.18 bits per heavy atom. The molecule has 2 aromatic carbocycles. The van der Waals surface area contributed by atoms with Crippen LogP contribution < -0.4 is 4.74 Å². The van der Waals surface area contributed by atoms with E-state index in [1.54, 1.807) is 0 Å².